The Morgan fingerprint density at radius 3 is 2.67 bits per heavy atom. The fraction of sp³-hybridized carbons (Fsp3) is 0.310. The highest BCUT2D eigenvalue weighted by atomic mass is 19.2. The van der Waals surface area contributed by atoms with Crippen LogP contribution >= 0.6 is 0 Å². The number of aliphatic hydroxyl groups excluding tert-OH is 2. The van der Waals surface area contributed by atoms with Gasteiger partial charge in [0.1, 0.15) is 5.82 Å². The lowest BCUT2D eigenvalue weighted by Crippen LogP contribution is -2.42. The van der Waals surface area contributed by atoms with E-state index < -0.39 is 29.5 Å². The number of β-amino-alcohol motifs (C(OH)–C–C–N with tert-alkyl or cyclic N) is 1. The van der Waals surface area contributed by atoms with Gasteiger partial charge in [-0.05, 0) is 49.6 Å². The van der Waals surface area contributed by atoms with Crippen LogP contribution in [0.1, 0.15) is 39.3 Å². The molecule has 40 heavy (non-hydrogen) atoms. The molecule has 5 N–H and O–H groups in total. The Morgan fingerprint density at radius 1 is 1.10 bits per heavy atom. The smallest absolute Gasteiger partial charge is 0.256 e. The van der Waals surface area contributed by atoms with Crippen LogP contribution in [0.4, 0.5) is 18.9 Å². The third-order valence-electron chi connectivity index (χ3n) is 7.25. The zero-order valence-electron chi connectivity index (χ0n) is 21.8. The number of hydrogen-bond donors (Lipinski definition) is 5. The molecule has 0 saturated carbocycles. The average Bonchev–Trinajstić information content (AvgIpc) is 3.35. The summed E-state index contributed by atoms with van der Waals surface area (Å²) in [6, 6.07) is 5.90. The van der Waals surface area contributed by atoms with Crippen molar-refractivity contribution in [1.82, 2.24) is 15.2 Å². The van der Waals surface area contributed by atoms with Crippen molar-refractivity contribution in [1.29, 1.82) is 0 Å². The van der Waals surface area contributed by atoms with E-state index in [1.807, 2.05) is 0 Å². The third kappa shape index (κ3) is 5.03. The Labute approximate surface area is 228 Å². The first-order chi connectivity index (χ1) is 19.2. The number of hydrogen-bond acceptors (Lipinski definition) is 5. The van der Waals surface area contributed by atoms with Gasteiger partial charge in [0.25, 0.3) is 11.8 Å². The number of aliphatic hydroxyl groups is 2. The van der Waals surface area contributed by atoms with Gasteiger partial charge >= 0.3 is 0 Å². The minimum Gasteiger partial charge on any atom is -0.395 e. The van der Waals surface area contributed by atoms with Crippen molar-refractivity contribution < 1.29 is 33.0 Å². The molecule has 0 unspecified atom stereocenters. The number of anilines is 1. The van der Waals surface area contributed by atoms with E-state index in [0.29, 0.717) is 48.4 Å². The number of nitrogens with one attached hydrogen (secondary N) is 3. The lowest BCUT2D eigenvalue weighted by atomic mass is 9.93. The van der Waals surface area contributed by atoms with Crippen molar-refractivity contribution in [3.05, 3.63) is 75.9 Å². The molecule has 2 amide bonds. The largest absolute Gasteiger partial charge is 0.395 e. The first-order valence-corrected chi connectivity index (χ1v) is 13.0. The average molecular weight is 555 g/mol. The van der Waals surface area contributed by atoms with Gasteiger partial charge in [0.05, 0.1) is 23.8 Å². The number of aromatic nitrogens is 1. The molecule has 0 radical (unpaired) electrons. The van der Waals surface area contributed by atoms with Crippen LogP contribution in [0.25, 0.3) is 22.8 Å². The van der Waals surface area contributed by atoms with Crippen molar-refractivity contribution in [2.75, 3.05) is 38.1 Å². The standard InChI is InChI=1S/C29H29F3N4O4/c1-15-23(34-21-6-3-10-36(29(40)24(15)21)14-16(38)13-33-9-11-37)12-18-26-22(35-28(18)39)8-7-19(30)25(26)17-4-2-5-20(31)27(17)32/h2,4-5,7-8,12,16,33-34,37-38H,3,6,9-11,13-14H2,1H3,(H,35,39)/b18-12-/t16-/m1/s1. The number of H-pyrrole nitrogens is 1. The number of rotatable bonds is 8. The van der Waals surface area contributed by atoms with E-state index in [2.05, 4.69) is 15.6 Å². The van der Waals surface area contributed by atoms with Gasteiger partial charge in [0.2, 0.25) is 0 Å². The molecule has 0 saturated heterocycles. The van der Waals surface area contributed by atoms with Crippen LogP contribution < -0.4 is 10.6 Å². The molecule has 5 rings (SSSR count). The highest BCUT2D eigenvalue weighted by Crippen LogP contribution is 2.43. The molecular formula is C29H29F3N4O4. The number of carbonyl (C=O) groups excluding carboxylic acids is 2. The molecule has 2 aliphatic rings. The summed E-state index contributed by atoms with van der Waals surface area (Å²) in [6.07, 6.45) is 1.87. The second-order valence-electron chi connectivity index (χ2n) is 9.91. The van der Waals surface area contributed by atoms with Crippen LogP contribution in [-0.2, 0) is 11.2 Å². The first-order valence-electron chi connectivity index (χ1n) is 13.0. The molecule has 0 bridgehead atoms. The highest BCUT2D eigenvalue weighted by Gasteiger charge is 2.33. The fourth-order valence-corrected chi connectivity index (χ4v) is 5.35. The van der Waals surface area contributed by atoms with E-state index in [9.17, 15) is 23.5 Å². The Bertz CT molecular complexity index is 1520. The van der Waals surface area contributed by atoms with Crippen molar-refractivity contribution >= 4 is 29.2 Å². The molecule has 8 nitrogen and oxygen atoms in total. The van der Waals surface area contributed by atoms with E-state index in [1.165, 1.54) is 24.3 Å². The van der Waals surface area contributed by atoms with E-state index in [-0.39, 0.29) is 53.6 Å². The summed E-state index contributed by atoms with van der Waals surface area (Å²) in [6.45, 7) is 2.78. The van der Waals surface area contributed by atoms with Gasteiger partial charge in [-0.15, -0.1) is 0 Å². The summed E-state index contributed by atoms with van der Waals surface area (Å²) in [5, 5.41) is 24.9. The molecule has 2 aliphatic heterocycles. The normalized spacial score (nSPS) is 16.6. The van der Waals surface area contributed by atoms with Gasteiger partial charge in [-0.3, -0.25) is 9.59 Å². The topological polar surface area (TPSA) is 118 Å². The lowest BCUT2D eigenvalue weighted by Gasteiger charge is -2.24. The minimum absolute atomic E-state index is 0.0438. The minimum atomic E-state index is -1.23. The van der Waals surface area contributed by atoms with Crippen LogP contribution in [0, 0.1) is 24.4 Å². The van der Waals surface area contributed by atoms with Gasteiger partial charge in [0, 0.05) is 59.9 Å². The number of nitrogens with zero attached hydrogens (tertiary/aromatic N) is 1. The second-order valence-corrected chi connectivity index (χ2v) is 9.91. The zero-order chi connectivity index (χ0) is 28.6. The number of aromatic amines is 1. The molecule has 1 aromatic heterocycles. The number of aryl methyl sites for hydroxylation is 1. The van der Waals surface area contributed by atoms with Gasteiger partial charge in [0.15, 0.2) is 11.6 Å². The molecule has 210 valence electrons. The van der Waals surface area contributed by atoms with Crippen LogP contribution in [0.2, 0.25) is 0 Å². The quantitative estimate of drug-likeness (QED) is 0.217. The zero-order valence-corrected chi connectivity index (χ0v) is 21.8. The summed E-state index contributed by atoms with van der Waals surface area (Å²) in [7, 11) is 0. The molecule has 0 spiro atoms. The van der Waals surface area contributed by atoms with Gasteiger partial charge in [-0.2, -0.15) is 0 Å². The van der Waals surface area contributed by atoms with Gasteiger partial charge in [-0.1, -0.05) is 12.1 Å². The number of fused-ring (bicyclic) bond motifs is 2. The van der Waals surface area contributed by atoms with Gasteiger partial charge in [-0.25, -0.2) is 13.2 Å². The SMILES string of the molecule is Cc1c(/C=C2\C(=O)Nc3ccc(F)c(-c4cccc(F)c4F)c32)[nH]c2c1C(=O)N(C[C@H](O)CNCCO)CCC2. The maximum atomic E-state index is 15.1. The summed E-state index contributed by atoms with van der Waals surface area (Å²) < 4.78 is 43.9. The molecule has 3 heterocycles. The van der Waals surface area contributed by atoms with E-state index in [4.69, 9.17) is 5.11 Å². The monoisotopic (exact) mass is 554 g/mol. The van der Waals surface area contributed by atoms with E-state index in [1.54, 1.807) is 11.8 Å². The molecule has 11 heteroatoms. The molecular weight excluding hydrogens is 525 g/mol. The summed E-state index contributed by atoms with van der Waals surface area (Å²) in [5.74, 6) is -4.00. The number of halogens is 3. The highest BCUT2D eigenvalue weighted by molar-refractivity contribution is 6.36. The predicted octanol–water partition coefficient (Wildman–Crippen LogP) is 3.23. The molecule has 0 aliphatic carbocycles. The van der Waals surface area contributed by atoms with E-state index in [0.717, 1.165) is 12.1 Å². The Balaban J connectivity index is 1.53. The fourth-order valence-electron chi connectivity index (χ4n) is 5.35. The summed E-state index contributed by atoms with van der Waals surface area (Å²) >= 11 is 0. The van der Waals surface area contributed by atoms with Crippen molar-refractivity contribution in [3.8, 4) is 11.1 Å². The third-order valence-corrected chi connectivity index (χ3v) is 7.25. The van der Waals surface area contributed by atoms with E-state index >= 15 is 4.39 Å². The number of amides is 2. The number of benzene rings is 2. The molecule has 3 aromatic rings. The maximum absolute atomic E-state index is 15.1. The van der Waals surface area contributed by atoms with Crippen LogP contribution in [-0.4, -0.2) is 70.8 Å². The second kappa shape index (κ2) is 11.3. The van der Waals surface area contributed by atoms with Crippen molar-refractivity contribution in [2.24, 2.45) is 0 Å². The van der Waals surface area contributed by atoms with Crippen molar-refractivity contribution in [3.63, 3.8) is 0 Å². The molecule has 0 fully saturated rings. The number of carbonyl (C=O) groups is 2. The predicted molar refractivity (Wildman–Crippen MR) is 144 cm³/mol. The molecule has 1 atom stereocenters. The van der Waals surface area contributed by atoms with Crippen molar-refractivity contribution in [2.45, 2.75) is 25.9 Å². The van der Waals surface area contributed by atoms with Crippen LogP contribution in [0.3, 0.4) is 0 Å². The van der Waals surface area contributed by atoms with Crippen LogP contribution in [0.15, 0.2) is 30.3 Å². The summed E-state index contributed by atoms with van der Waals surface area (Å²) in [5.41, 5.74) is 2.00. The maximum Gasteiger partial charge on any atom is 0.256 e. The molecule has 2 aromatic carbocycles. The first kappa shape index (κ1) is 27.6. The summed E-state index contributed by atoms with van der Waals surface area (Å²) in [4.78, 5) is 31.3. The van der Waals surface area contributed by atoms with Crippen LogP contribution in [0.5, 0.6) is 0 Å². The Kier molecular flexibility index (Phi) is 7.79. The van der Waals surface area contributed by atoms with Gasteiger partial charge < -0.3 is 30.7 Å². The lowest BCUT2D eigenvalue weighted by molar-refractivity contribution is -0.110. The Morgan fingerprint density at radius 2 is 1.90 bits per heavy atom. The Hall–Kier alpha value is -3.93.